The minimum Gasteiger partial charge on any atom is -0.693 e. The van der Waals surface area contributed by atoms with E-state index >= 15 is 0 Å². The van der Waals surface area contributed by atoms with Gasteiger partial charge in [-0.3, -0.25) is 4.98 Å². The van der Waals surface area contributed by atoms with Crippen molar-refractivity contribution in [3.05, 3.63) is 103 Å². The molecule has 0 saturated heterocycles. The van der Waals surface area contributed by atoms with Gasteiger partial charge in [0, 0.05) is 22.5 Å². The van der Waals surface area contributed by atoms with Crippen LogP contribution in [0.15, 0.2) is 85.1 Å². The summed E-state index contributed by atoms with van der Waals surface area (Å²) >= 11 is 1.61. The molecule has 0 aliphatic rings. The maximum atomic E-state index is 10.4. The Hall–Kier alpha value is -2.54. The number of hydrogen-bond donors (Lipinski definition) is 3. The second kappa shape index (κ2) is 20.4. The molecule has 0 aliphatic carbocycles. The van der Waals surface area contributed by atoms with Gasteiger partial charge in [0.1, 0.15) is 0 Å². The van der Waals surface area contributed by atoms with Crippen LogP contribution in [0.5, 0.6) is 0 Å². The Labute approximate surface area is 249 Å². The van der Waals surface area contributed by atoms with Crippen molar-refractivity contribution in [2.24, 2.45) is 5.41 Å². The summed E-state index contributed by atoms with van der Waals surface area (Å²) in [5, 5.41) is 23.3. The summed E-state index contributed by atoms with van der Waals surface area (Å²) in [4.78, 5) is 14.8. The molecule has 1 heterocycles. The molecule has 0 radical (unpaired) electrons. The number of aromatic nitrogens is 1. The first-order chi connectivity index (χ1) is 17.0. The molecular weight excluding hydrogens is 695 g/mol. The number of carboxylic acid groups (broad SMARTS) is 1. The summed E-state index contributed by atoms with van der Waals surface area (Å²) < 4.78 is 0. The molecule has 7 nitrogen and oxygen atoms in total. The Morgan fingerprint density at radius 3 is 1.82 bits per heavy atom. The van der Waals surface area contributed by atoms with Crippen LogP contribution < -0.4 is 5.32 Å². The molecule has 1 aromatic heterocycles. The molecule has 1 amide bonds. The van der Waals surface area contributed by atoms with Crippen LogP contribution in [0.2, 0.25) is 0 Å². The third kappa shape index (κ3) is 16.2. The van der Waals surface area contributed by atoms with E-state index in [2.05, 4.69) is 70.8 Å². The number of nitrogens with two attached hydrogens (primary N) is 2. The summed E-state index contributed by atoms with van der Waals surface area (Å²) in [5.41, 5.74) is 1.83. The van der Waals surface area contributed by atoms with Crippen molar-refractivity contribution in [1.29, 1.82) is 0 Å². The fourth-order valence-corrected chi connectivity index (χ4v) is 4.05. The third-order valence-corrected chi connectivity index (χ3v) is 4.94. The number of pyridine rings is 1. The molecule has 0 aliphatic heterocycles. The topological polar surface area (TPSA) is 149 Å². The van der Waals surface area contributed by atoms with E-state index in [-0.39, 0.29) is 37.3 Å². The molecule has 0 bridgehead atoms. The van der Waals surface area contributed by atoms with Crippen molar-refractivity contribution in [2.45, 2.75) is 60.6 Å². The van der Waals surface area contributed by atoms with Gasteiger partial charge in [-0.25, -0.2) is 4.79 Å². The van der Waals surface area contributed by atoms with E-state index in [1.165, 1.54) is 16.2 Å². The molecule has 4 rings (SSSR count). The Kier molecular flexibility index (Phi) is 21.4. The number of aliphatic hydroxyl groups is 1. The number of hydrogen-bond acceptors (Lipinski definition) is 3. The van der Waals surface area contributed by atoms with Crippen LogP contribution in [0, 0.1) is 5.41 Å². The van der Waals surface area contributed by atoms with E-state index in [1.807, 2.05) is 68.6 Å². The van der Waals surface area contributed by atoms with Gasteiger partial charge in [0.15, 0.2) is 0 Å². The Morgan fingerprint density at radius 2 is 1.33 bits per heavy atom. The number of halogens is 1. The van der Waals surface area contributed by atoms with Crippen molar-refractivity contribution < 1.29 is 33.8 Å². The molecule has 0 fully saturated rings. The first-order valence-corrected chi connectivity index (χ1v) is 14.3. The number of aliphatic hydroxyl groups excluding tert-OH is 1. The van der Waals surface area contributed by atoms with Crippen LogP contribution in [0.25, 0.3) is 34.0 Å². The number of nitrogens with zero attached hydrogens (tertiary/aromatic N) is 1. The van der Waals surface area contributed by atoms with Gasteiger partial charge in [0.25, 0.3) is 0 Å². The van der Waals surface area contributed by atoms with E-state index in [0.717, 1.165) is 17.5 Å². The number of benzene rings is 3. The van der Waals surface area contributed by atoms with Gasteiger partial charge in [-0.2, -0.15) is 0 Å². The van der Waals surface area contributed by atoms with Crippen molar-refractivity contribution in [3.8, 4) is 0 Å². The minimum absolute atomic E-state index is 0. The fourth-order valence-electron chi connectivity index (χ4n) is 4.05. The number of rotatable bonds is 3. The summed E-state index contributed by atoms with van der Waals surface area (Å²) in [5.74, 6) is 0. The molecule has 0 spiro atoms. The molecule has 0 atom stereocenters. The average Bonchev–Trinajstić information content (AvgIpc) is 2.84. The van der Waals surface area contributed by atoms with Crippen LogP contribution in [0.1, 0.15) is 54.0 Å². The number of para-hydroxylation sites is 1. The Morgan fingerprint density at radius 1 is 0.846 bits per heavy atom. The molecule has 221 valence electrons. The molecule has 39 heavy (non-hydrogen) atoms. The van der Waals surface area contributed by atoms with Crippen molar-refractivity contribution in [1.82, 2.24) is 10.3 Å². The Balaban J connectivity index is -0.000000480. The van der Waals surface area contributed by atoms with Crippen molar-refractivity contribution in [2.75, 3.05) is 0 Å². The molecule has 0 unspecified atom stereocenters. The van der Waals surface area contributed by atoms with Crippen molar-refractivity contribution in [3.63, 3.8) is 0 Å². The third-order valence-electron chi connectivity index (χ3n) is 4.94. The zero-order valence-corrected chi connectivity index (χ0v) is 25.6. The normalized spacial score (nSPS) is 9.87. The summed E-state index contributed by atoms with van der Waals surface area (Å²) in [6.45, 7) is 10.2. The molecule has 0 saturated carbocycles. The van der Waals surface area contributed by atoms with Crippen LogP contribution in [0.4, 0.5) is 4.79 Å². The summed E-state index contributed by atoms with van der Waals surface area (Å²) in [6, 6.07) is 26.1. The fraction of sp³-hybridized carbons (Fsp3) is 0.333. The summed E-state index contributed by atoms with van der Waals surface area (Å²) in [7, 11) is 4.61. The largest absolute Gasteiger partial charge is 0.693 e. The first-order valence-electron chi connectivity index (χ1n) is 11.5. The summed E-state index contributed by atoms with van der Waals surface area (Å²) in [6.07, 6.45) is 1.80. The number of carbonyl (C=O) groups is 1. The predicted octanol–water partition coefficient (Wildman–Crippen LogP) is 9.79. The van der Waals surface area contributed by atoms with Gasteiger partial charge >= 0.3 is 34.3 Å². The van der Waals surface area contributed by atoms with Gasteiger partial charge in [-0.05, 0) is 42.7 Å². The van der Waals surface area contributed by atoms with Crippen LogP contribution in [-0.2, 0) is 25.4 Å². The molecule has 7 N–H and O–H groups in total. The molecular formula is C30H44ClN4O3Pt-2. The quantitative estimate of drug-likeness (QED) is 0.179. The SMILES string of the molecule is C.CC(C)(C)CC(C)(C)NC(=O)O.OCc1ccccc1.[Cl][Pt].[NH2-].[NH2-].c1ccc2c(c1)cnc1ccccc12. The number of fused-ring (bicyclic) bond motifs is 3. The van der Waals surface area contributed by atoms with E-state index in [0.29, 0.717) is 0 Å². The van der Waals surface area contributed by atoms with E-state index in [4.69, 9.17) is 10.2 Å². The van der Waals surface area contributed by atoms with E-state index in [9.17, 15) is 4.79 Å². The van der Waals surface area contributed by atoms with Crippen LogP contribution in [-0.4, -0.2) is 26.8 Å². The maximum Gasteiger partial charge on any atom is 0.0708 e. The monoisotopic (exact) mass is 738 g/mol. The van der Waals surface area contributed by atoms with Gasteiger partial charge in [-0.15, -0.1) is 0 Å². The smallest absolute Gasteiger partial charge is 0.0708 e. The van der Waals surface area contributed by atoms with Gasteiger partial charge < -0.3 is 27.8 Å². The van der Waals surface area contributed by atoms with E-state index < -0.39 is 6.09 Å². The molecule has 9 heteroatoms. The van der Waals surface area contributed by atoms with E-state index in [1.54, 1.807) is 18.8 Å². The molecule has 4 aromatic rings. The van der Waals surface area contributed by atoms with Gasteiger partial charge in [0.2, 0.25) is 0 Å². The van der Waals surface area contributed by atoms with Crippen LogP contribution in [0.3, 0.4) is 0 Å². The minimum atomic E-state index is -0.954. The molecule has 3 aromatic carbocycles. The van der Waals surface area contributed by atoms with Gasteiger partial charge in [0.05, 0.1) is 12.1 Å². The predicted molar refractivity (Wildman–Crippen MR) is 164 cm³/mol. The van der Waals surface area contributed by atoms with Crippen LogP contribution >= 0.6 is 9.42 Å². The maximum absolute atomic E-state index is 10.4. The number of nitrogens with one attached hydrogen (secondary N) is 1. The van der Waals surface area contributed by atoms with Crippen molar-refractivity contribution >= 4 is 37.2 Å². The van der Waals surface area contributed by atoms with Gasteiger partial charge in [-0.1, -0.05) is 101 Å². The zero-order valence-electron chi connectivity index (χ0n) is 22.6. The average molecular weight is 739 g/mol. The second-order valence-corrected chi connectivity index (χ2v) is 10.1. The first kappa shape index (κ1) is 40.9. The number of amides is 1. The zero-order chi connectivity index (χ0) is 27.2. The standard InChI is InChI=1S/C13H9N.C9H19NO2.C7H8O.CH4.ClH.2H2N.Pt/c1-2-6-11-10(5-1)9-14-13-8-4-3-7-12(11)13;1-8(2,3)6-9(4,5)10-7(11)12;8-6-7-4-2-1-3-5-7;;;;;/h1-9H;10H,6H2,1-5H3,(H,11,12);1-5,8H,6H2;1H4;1H;2*1H2;/q;;;;;2*-1;+1/p-1. The Bertz CT molecular complexity index is 1150. The second-order valence-electron chi connectivity index (χ2n) is 10.1.